The van der Waals surface area contributed by atoms with Crippen LogP contribution in [0.5, 0.6) is 0 Å². The highest BCUT2D eigenvalue weighted by molar-refractivity contribution is 5.77. The normalized spacial score (nSPS) is 13.5. The predicted molar refractivity (Wildman–Crippen MR) is 255 cm³/mol. The first kappa shape index (κ1) is 57.1. The zero-order valence-corrected chi connectivity index (χ0v) is 39.4. The van der Waals surface area contributed by atoms with E-state index in [4.69, 9.17) is 4.74 Å². The number of esters is 1. The highest BCUT2D eigenvalue weighted by Crippen LogP contribution is 2.18. The number of allylic oxidation sites excluding steroid dienone is 6. The molecule has 1 amide bonds. The molecule has 0 saturated heterocycles. The van der Waals surface area contributed by atoms with Gasteiger partial charge in [-0.2, -0.15) is 0 Å². The van der Waals surface area contributed by atoms with Gasteiger partial charge >= 0.3 is 5.97 Å². The lowest BCUT2D eigenvalue weighted by Crippen LogP contribution is -2.46. The van der Waals surface area contributed by atoms with Crippen molar-refractivity contribution >= 4 is 11.9 Å². The Morgan fingerprint density at radius 1 is 0.508 bits per heavy atom. The van der Waals surface area contributed by atoms with E-state index in [0.29, 0.717) is 19.3 Å². The third kappa shape index (κ3) is 42.6. The lowest BCUT2D eigenvalue weighted by atomic mass is 10.0. The Kier molecular flexibility index (Phi) is 45.6. The van der Waals surface area contributed by atoms with Crippen LogP contribution < -0.4 is 5.32 Å². The molecular weight excluding hydrogens is 731 g/mol. The molecule has 6 heteroatoms. The lowest BCUT2D eigenvalue weighted by Gasteiger charge is -2.24. The quantitative estimate of drug-likeness (QED) is 0.0323. The van der Waals surface area contributed by atoms with Gasteiger partial charge in [0.05, 0.1) is 25.2 Å². The first-order chi connectivity index (χ1) is 29.0. The summed E-state index contributed by atoms with van der Waals surface area (Å²) in [7, 11) is 0. The van der Waals surface area contributed by atoms with Crippen molar-refractivity contribution in [2.75, 3.05) is 6.61 Å². The fraction of sp³-hybridized carbons (Fsp3) is 0.849. The maximum Gasteiger partial charge on any atom is 0.306 e. The first-order valence-electron chi connectivity index (χ1n) is 25.7. The summed E-state index contributed by atoms with van der Waals surface area (Å²) in [4.78, 5) is 26.0. The summed E-state index contributed by atoms with van der Waals surface area (Å²) in [5.41, 5.74) is 0. The molecule has 0 rings (SSSR count). The van der Waals surface area contributed by atoms with Crippen molar-refractivity contribution in [3.05, 3.63) is 36.5 Å². The Morgan fingerprint density at radius 2 is 0.915 bits per heavy atom. The molecule has 0 aromatic heterocycles. The van der Waals surface area contributed by atoms with Crippen molar-refractivity contribution in [2.24, 2.45) is 0 Å². The topological polar surface area (TPSA) is 95.9 Å². The van der Waals surface area contributed by atoms with E-state index in [1.54, 1.807) is 0 Å². The zero-order chi connectivity index (χ0) is 43.1. The van der Waals surface area contributed by atoms with E-state index < -0.39 is 18.2 Å². The van der Waals surface area contributed by atoms with Crippen molar-refractivity contribution in [1.82, 2.24) is 5.32 Å². The van der Waals surface area contributed by atoms with E-state index in [1.807, 2.05) is 0 Å². The van der Waals surface area contributed by atoms with E-state index in [0.717, 1.165) is 70.6 Å². The molecule has 0 heterocycles. The molecule has 59 heavy (non-hydrogen) atoms. The average molecular weight is 830 g/mol. The summed E-state index contributed by atoms with van der Waals surface area (Å²) < 4.78 is 5.90. The van der Waals surface area contributed by atoms with E-state index in [-0.39, 0.29) is 24.9 Å². The number of nitrogens with one attached hydrogen (secondary N) is 1. The highest BCUT2D eigenvalue weighted by Gasteiger charge is 2.24. The molecule has 0 spiro atoms. The smallest absolute Gasteiger partial charge is 0.306 e. The third-order valence-corrected chi connectivity index (χ3v) is 11.7. The van der Waals surface area contributed by atoms with E-state index in [2.05, 4.69) is 62.5 Å². The number of amides is 1. The molecule has 6 nitrogen and oxygen atoms in total. The van der Waals surface area contributed by atoms with Crippen LogP contribution in [-0.2, 0) is 14.3 Å². The van der Waals surface area contributed by atoms with Crippen molar-refractivity contribution in [3.63, 3.8) is 0 Å². The Labute approximate surface area is 366 Å². The SMILES string of the molecule is CC/C=C/C/C=C/C/C=C/CCCCCCCCC(=O)OC(CCCCCCCCCC)CC(=O)NC(CO)C(O)CCCCCCCCCCCCCCCCCC. The van der Waals surface area contributed by atoms with Crippen LogP contribution in [0.1, 0.15) is 265 Å². The molecule has 0 aliphatic rings. The van der Waals surface area contributed by atoms with E-state index >= 15 is 0 Å². The second kappa shape index (κ2) is 47.1. The van der Waals surface area contributed by atoms with Crippen LogP contribution >= 0.6 is 0 Å². The molecule has 3 unspecified atom stereocenters. The van der Waals surface area contributed by atoms with Gasteiger partial charge in [0.15, 0.2) is 0 Å². The molecule has 0 fully saturated rings. The molecule has 0 bridgehead atoms. The van der Waals surface area contributed by atoms with Gasteiger partial charge < -0.3 is 20.3 Å². The van der Waals surface area contributed by atoms with Crippen LogP contribution in [0.3, 0.4) is 0 Å². The van der Waals surface area contributed by atoms with E-state index in [1.165, 1.54) is 148 Å². The molecule has 0 aromatic rings. The minimum atomic E-state index is -0.786. The minimum absolute atomic E-state index is 0.0749. The van der Waals surface area contributed by atoms with Crippen LogP contribution in [0.25, 0.3) is 0 Å². The monoisotopic (exact) mass is 830 g/mol. The summed E-state index contributed by atoms with van der Waals surface area (Å²) in [6.45, 7) is 6.36. The largest absolute Gasteiger partial charge is 0.462 e. The van der Waals surface area contributed by atoms with Crippen LogP contribution in [0, 0.1) is 0 Å². The van der Waals surface area contributed by atoms with E-state index in [9.17, 15) is 19.8 Å². The van der Waals surface area contributed by atoms with Gasteiger partial charge in [-0.05, 0) is 57.8 Å². The standard InChI is InChI=1S/C53H99NO5/c1-4-7-10-13-16-19-21-23-25-27-29-31-33-36-39-42-45-51(56)50(48-55)54-52(57)47-49(44-41-38-35-18-15-12-9-6-3)59-53(58)46-43-40-37-34-32-30-28-26-24-22-20-17-14-11-8-5-2/h8,11,17,20,24,26,49-51,55-56H,4-7,9-10,12-16,18-19,21-23,25,27-48H2,1-3H3,(H,54,57)/b11-8+,20-17+,26-24+. The second-order valence-electron chi connectivity index (χ2n) is 17.5. The molecular formula is C53H99NO5. The number of aliphatic hydroxyl groups is 2. The van der Waals surface area contributed by atoms with Gasteiger partial charge in [-0.25, -0.2) is 0 Å². The fourth-order valence-electron chi connectivity index (χ4n) is 7.86. The van der Waals surface area contributed by atoms with Crippen molar-refractivity contribution in [3.8, 4) is 0 Å². The molecule has 346 valence electrons. The maximum absolute atomic E-state index is 13.2. The molecule has 0 aliphatic heterocycles. The Morgan fingerprint density at radius 3 is 1.39 bits per heavy atom. The predicted octanol–water partition coefficient (Wildman–Crippen LogP) is 15.3. The molecule has 0 saturated carbocycles. The average Bonchev–Trinajstić information content (AvgIpc) is 3.23. The van der Waals surface area contributed by atoms with Crippen LogP contribution in [0.2, 0.25) is 0 Å². The number of unbranched alkanes of at least 4 members (excludes halogenated alkanes) is 28. The van der Waals surface area contributed by atoms with Crippen LogP contribution in [0.4, 0.5) is 0 Å². The van der Waals surface area contributed by atoms with Crippen molar-refractivity contribution in [2.45, 2.75) is 283 Å². The van der Waals surface area contributed by atoms with Gasteiger partial charge in [0.1, 0.15) is 6.10 Å². The Balaban J connectivity index is 4.40. The summed E-state index contributed by atoms with van der Waals surface area (Å²) in [5, 5.41) is 23.7. The molecule has 3 atom stereocenters. The van der Waals surface area contributed by atoms with Gasteiger partial charge in [0.2, 0.25) is 5.91 Å². The fourth-order valence-corrected chi connectivity index (χ4v) is 7.86. The number of rotatable bonds is 46. The van der Waals surface area contributed by atoms with Gasteiger partial charge in [-0.15, -0.1) is 0 Å². The summed E-state index contributed by atoms with van der Waals surface area (Å²) in [6.07, 6.45) is 55.0. The summed E-state index contributed by atoms with van der Waals surface area (Å²) in [6, 6.07) is -0.700. The van der Waals surface area contributed by atoms with Crippen molar-refractivity contribution < 1.29 is 24.5 Å². The molecule has 3 N–H and O–H groups in total. The zero-order valence-electron chi connectivity index (χ0n) is 39.4. The van der Waals surface area contributed by atoms with Gasteiger partial charge in [0, 0.05) is 6.42 Å². The summed E-state index contributed by atoms with van der Waals surface area (Å²) >= 11 is 0. The second-order valence-corrected chi connectivity index (χ2v) is 17.5. The third-order valence-electron chi connectivity index (χ3n) is 11.7. The number of carbonyl (C=O) groups excluding carboxylic acids is 2. The molecule has 0 aliphatic carbocycles. The van der Waals surface area contributed by atoms with Crippen LogP contribution in [0.15, 0.2) is 36.5 Å². The number of carbonyl (C=O) groups is 2. The van der Waals surface area contributed by atoms with Gasteiger partial charge in [-0.1, -0.05) is 231 Å². The van der Waals surface area contributed by atoms with Gasteiger partial charge in [0.25, 0.3) is 0 Å². The number of aliphatic hydroxyl groups excluding tert-OH is 2. The maximum atomic E-state index is 13.2. The Bertz CT molecular complexity index is 977. The van der Waals surface area contributed by atoms with Crippen LogP contribution in [-0.4, -0.2) is 46.9 Å². The highest BCUT2D eigenvalue weighted by atomic mass is 16.5. The minimum Gasteiger partial charge on any atom is -0.462 e. The summed E-state index contributed by atoms with van der Waals surface area (Å²) in [5.74, 6) is -0.483. The van der Waals surface area contributed by atoms with Crippen molar-refractivity contribution in [1.29, 1.82) is 0 Å². The first-order valence-corrected chi connectivity index (χ1v) is 25.7. The Hall–Kier alpha value is -1.92. The number of hydrogen-bond acceptors (Lipinski definition) is 5. The number of ether oxygens (including phenoxy) is 1. The number of hydrogen-bond donors (Lipinski definition) is 3. The lowest BCUT2D eigenvalue weighted by molar-refractivity contribution is -0.151. The molecule has 0 aromatic carbocycles. The van der Waals surface area contributed by atoms with Gasteiger partial charge in [-0.3, -0.25) is 9.59 Å². The molecule has 0 radical (unpaired) electrons.